The number of aromatic nitrogens is 4. The van der Waals surface area contributed by atoms with Crippen LogP contribution in [0.5, 0.6) is 5.88 Å². The maximum Gasteiger partial charge on any atom is 0.218 e. The van der Waals surface area contributed by atoms with Gasteiger partial charge < -0.3 is 14.8 Å². The third kappa shape index (κ3) is 3.12. The number of nitrogens with zero attached hydrogens (tertiary/aromatic N) is 4. The molecule has 114 valence electrons. The van der Waals surface area contributed by atoms with Crippen LogP contribution in [-0.2, 0) is 17.9 Å². The highest BCUT2D eigenvalue weighted by molar-refractivity contribution is 7.00. The molecule has 8 heteroatoms. The zero-order valence-electron chi connectivity index (χ0n) is 12.2. The van der Waals surface area contributed by atoms with Gasteiger partial charge in [0.05, 0.1) is 18.8 Å². The van der Waals surface area contributed by atoms with Gasteiger partial charge >= 0.3 is 0 Å². The van der Waals surface area contributed by atoms with E-state index in [1.54, 1.807) is 20.3 Å². The number of anilines is 1. The average molecular weight is 317 g/mol. The van der Waals surface area contributed by atoms with Gasteiger partial charge in [-0.1, -0.05) is 12.1 Å². The highest BCUT2D eigenvalue weighted by Gasteiger charge is 2.07. The smallest absolute Gasteiger partial charge is 0.218 e. The van der Waals surface area contributed by atoms with E-state index in [1.165, 1.54) is 11.7 Å². The second-order valence-corrected chi connectivity index (χ2v) is 5.08. The molecule has 0 aliphatic heterocycles. The van der Waals surface area contributed by atoms with E-state index in [2.05, 4.69) is 24.0 Å². The van der Waals surface area contributed by atoms with E-state index in [4.69, 9.17) is 9.47 Å². The van der Waals surface area contributed by atoms with Gasteiger partial charge in [0.25, 0.3) is 0 Å². The normalized spacial score (nSPS) is 10.8. The third-order valence-corrected chi connectivity index (χ3v) is 3.60. The number of hydrogen-bond acceptors (Lipinski definition) is 8. The number of nitrogens with one attached hydrogen (secondary N) is 1. The minimum atomic E-state index is 0.331. The van der Waals surface area contributed by atoms with Crippen LogP contribution in [0, 0.1) is 0 Å². The molecule has 2 aromatic heterocycles. The lowest BCUT2D eigenvalue weighted by atomic mass is 10.2. The Hall–Kier alpha value is -2.32. The van der Waals surface area contributed by atoms with Gasteiger partial charge in [-0.25, -0.2) is 4.98 Å². The van der Waals surface area contributed by atoms with Crippen LogP contribution in [0.4, 0.5) is 5.82 Å². The van der Waals surface area contributed by atoms with Gasteiger partial charge in [0.1, 0.15) is 23.5 Å². The van der Waals surface area contributed by atoms with Crippen molar-refractivity contribution < 1.29 is 9.47 Å². The fourth-order valence-electron chi connectivity index (χ4n) is 2.05. The maximum absolute atomic E-state index is 5.18. The molecular weight excluding hydrogens is 302 g/mol. The molecule has 0 radical (unpaired) electrons. The van der Waals surface area contributed by atoms with Crippen LogP contribution in [-0.4, -0.2) is 32.9 Å². The summed E-state index contributed by atoms with van der Waals surface area (Å²) in [5.74, 6) is 1.75. The van der Waals surface area contributed by atoms with E-state index in [0.717, 1.165) is 16.6 Å². The van der Waals surface area contributed by atoms with Crippen LogP contribution in [0.2, 0.25) is 0 Å². The van der Waals surface area contributed by atoms with E-state index in [9.17, 15) is 0 Å². The van der Waals surface area contributed by atoms with Gasteiger partial charge in [0, 0.05) is 25.3 Å². The molecule has 0 atom stereocenters. The largest absolute Gasteiger partial charge is 0.481 e. The van der Waals surface area contributed by atoms with Crippen molar-refractivity contribution in [3.05, 3.63) is 35.7 Å². The van der Waals surface area contributed by atoms with Crippen molar-refractivity contribution in [1.82, 2.24) is 18.7 Å². The summed E-state index contributed by atoms with van der Waals surface area (Å²) < 4.78 is 18.8. The van der Waals surface area contributed by atoms with Crippen molar-refractivity contribution in [3.63, 3.8) is 0 Å². The van der Waals surface area contributed by atoms with Crippen LogP contribution < -0.4 is 10.1 Å². The molecule has 7 nitrogen and oxygen atoms in total. The van der Waals surface area contributed by atoms with Crippen LogP contribution in [0.15, 0.2) is 24.3 Å². The molecule has 2 heterocycles. The summed E-state index contributed by atoms with van der Waals surface area (Å²) in [4.78, 5) is 8.61. The highest BCUT2D eigenvalue weighted by Crippen LogP contribution is 2.19. The van der Waals surface area contributed by atoms with Crippen molar-refractivity contribution in [2.24, 2.45) is 0 Å². The predicted octanol–water partition coefficient (Wildman–Crippen LogP) is 2.25. The molecule has 3 aromatic rings. The summed E-state index contributed by atoms with van der Waals surface area (Å²) in [6.45, 7) is 0.923. The Morgan fingerprint density at radius 2 is 2.09 bits per heavy atom. The molecule has 0 aliphatic rings. The number of fused-ring (bicyclic) bond motifs is 1. The van der Waals surface area contributed by atoms with E-state index in [-0.39, 0.29) is 0 Å². The van der Waals surface area contributed by atoms with E-state index < -0.39 is 0 Å². The molecule has 0 amide bonds. The topological polar surface area (TPSA) is 82.0 Å². The summed E-state index contributed by atoms with van der Waals surface area (Å²) in [5.41, 5.74) is 2.89. The van der Waals surface area contributed by atoms with Gasteiger partial charge in [-0.3, -0.25) is 0 Å². The molecule has 1 N–H and O–H groups in total. The van der Waals surface area contributed by atoms with Crippen molar-refractivity contribution in [2.75, 3.05) is 19.5 Å². The Kier molecular flexibility index (Phi) is 4.40. The number of benzene rings is 1. The molecule has 0 saturated heterocycles. The van der Waals surface area contributed by atoms with Crippen LogP contribution in [0.25, 0.3) is 11.0 Å². The molecule has 3 rings (SSSR count). The Balaban J connectivity index is 1.81. The lowest BCUT2D eigenvalue weighted by molar-refractivity contribution is 0.177. The lowest BCUT2D eigenvalue weighted by Gasteiger charge is -2.09. The van der Waals surface area contributed by atoms with Gasteiger partial charge in [0.2, 0.25) is 5.88 Å². The first kappa shape index (κ1) is 14.6. The highest BCUT2D eigenvalue weighted by atomic mass is 32.1. The monoisotopic (exact) mass is 317 g/mol. The van der Waals surface area contributed by atoms with Crippen molar-refractivity contribution in [3.8, 4) is 5.88 Å². The molecule has 0 fully saturated rings. The van der Waals surface area contributed by atoms with Crippen LogP contribution in [0.3, 0.4) is 0 Å². The fourth-order valence-corrected chi connectivity index (χ4v) is 2.62. The van der Waals surface area contributed by atoms with Crippen molar-refractivity contribution in [2.45, 2.75) is 13.2 Å². The fraction of sp³-hybridized carbons (Fsp3) is 0.286. The second-order valence-electron chi connectivity index (χ2n) is 4.55. The van der Waals surface area contributed by atoms with Gasteiger partial charge in [-0.2, -0.15) is 13.7 Å². The third-order valence-electron chi connectivity index (χ3n) is 3.06. The lowest BCUT2D eigenvalue weighted by Crippen LogP contribution is -2.06. The van der Waals surface area contributed by atoms with Crippen LogP contribution >= 0.6 is 11.7 Å². The van der Waals surface area contributed by atoms with Gasteiger partial charge in [-0.05, 0) is 6.07 Å². The molecule has 0 aliphatic carbocycles. The Morgan fingerprint density at radius 3 is 2.91 bits per heavy atom. The van der Waals surface area contributed by atoms with Crippen LogP contribution in [0.1, 0.15) is 11.4 Å². The SMILES string of the molecule is COCc1nc(NCc2cccc3nsnc23)cc(OC)n1. The standard InChI is InChI=1S/C14H15N5O2S/c1-20-8-12-16-11(6-13(17-12)21-2)15-7-9-4-3-5-10-14(9)19-22-18-10/h3-6H,7-8H2,1-2H3,(H,15,16,17). The molecule has 0 spiro atoms. The summed E-state index contributed by atoms with van der Waals surface area (Å²) in [5, 5.41) is 3.27. The predicted molar refractivity (Wildman–Crippen MR) is 84.0 cm³/mol. The number of hydrogen-bond donors (Lipinski definition) is 1. The zero-order chi connectivity index (χ0) is 15.4. The summed E-state index contributed by atoms with van der Waals surface area (Å²) in [6, 6.07) is 7.69. The van der Waals surface area contributed by atoms with Gasteiger partial charge in [-0.15, -0.1) is 0 Å². The number of ether oxygens (including phenoxy) is 2. The van der Waals surface area contributed by atoms with E-state index >= 15 is 0 Å². The summed E-state index contributed by atoms with van der Waals surface area (Å²) >= 11 is 1.21. The van der Waals surface area contributed by atoms with Crippen molar-refractivity contribution >= 4 is 28.6 Å². The molecule has 1 aromatic carbocycles. The molecule has 22 heavy (non-hydrogen) atoms. The summed E-state index contributed by atoms with van der Waals surface area (Å²) in [6.07, 6.45) is 0. The molecule has 0 saturated carbocycles. The Morgan fingerprint density at radius 1 is 1.18 bits per heavy atom. The molecule has 0 bridgehead atoms. The first-order valence-corrected chi connectivity index (χ1v) is 7.38. The van der Waals surface area contributed by atoms with Gasteiger partial charge in [0.15, 0.2) is 5.82 Å². The quantitative estimate of drug-likeness (QED) is 0.746. The summed E-state index contributed by atoms with van der Waals surface area (Å²) in [7, 11) is 3.18. The minimum Gasteiger partial charge on any atom is -0.481 e. The van der Waals surface area contributed by atoms with E-state index in [1.807, 2.05) is 18.2 Å². The minimum absolute atomic E-state index is 0.331. The first-order valence-electron chi connectivity index (χ1n) is 6.65. The Bertz CT molecular complexity index is 777. The molecular formula is C14H15N5O2S. The number of methoxy groups -OCH3 is 2. The maximum atomic E-state index is 5.18. The number of rotatable bonds is 6. The second kappa shape index (κ2) is 6.63. The first-order chi connectivity index (χ1) is 10.8. The Labute approximate surface area is 131 Å². The van der Waals surface area contributed by atoms with E-state index in [0.29, 0.717) is 30.7 Å². The zero-order valence-corrected chi connectivity index (χ0v) is 13.1. The average Bonchev–Trinajstić information content (AvgIpc) is 3.02. The van der Waals surface area contributed by atoms with Crippen molar-refractivity contribution in [1.29, 1.82) is 0 Å². The molecule has 0 unspecified atom stereocenters.